The molecule has 0 radical (unpaired) electrons. The Balaban J connectivity index is 2.30. The molecule has 8 heteroatoms. The highest BCUT2D eigenvalue weighted by molar-refractivity contribution is 7.89. The zero-order valence-corrected chi connectivity index (χ0v) is 12.4. The molecule has 0 spiro atoms. The van der Waals surface area contributed by atoms with Crippen LogP contribution >= 0.6 is 11.3 Å². The Bertz CT molecular complexity index is 573. The fraction of sp³-hybridized carbons (Fsp3) is 0.545. The van der Waals surface area contributed by atoms with Crippen molar-refractivity contribution in [1.82, 2.24) is 10.0 Å². The molecule has 2 N–H and O–H groups in total. The Morgan fingerprint density at radius 2 is 2.32 bits per heavy atom. The molecule has 0 aliphatic carbocycles. The SMILES string of the molecule is COC(=O)c1sccc1S(=O)(=O)NC1(C)CCNC1. The second-order valence-electron chi connectivity index (χ2n) is 4.70. The van der Waals surface area contributed by atoms with Gasteiger partial charge in [0.15, 0.2) is 0 Å². The lowest BCUT2D eigenvalue weighted by Gasteiger charge is -2.24. The first kappa shape index (κ1) is 14.4. The van der Waals surface area contributed by atoms with E-state index in [2.05, 4.69) is 14.8 Å². The smallest absolute Gasteiger partial charge is 0.349 e. The Morgan fingerprint density at radius 3 is 2.89 bits per heavy atom. The molecule has 6 nitrogen and oxygen atoms in total. The predicted octanol–water partition coefficient (Wildman–Crippen LogP) is 0.565. The van der Waals surface area contributed by atoms with Gasteiger partial charge in [0.05, 0.1) is 7.11 Å². The Labute approximate surface area is 116 Å². The van der Waals surface area contributed by atoms with E-state index < -0.39 is 21.5 Å². The van der Waals surface area contributed by atoms with Crippen LogP contribution in [-0.2, 0) is 14.8 Å². The van der Waals surface area contributed by atoms with Crippen LogP contribution in [0, 0.1) is 0 Å². The van der Waals surface area contributed by atoms with Gasteiger partial charge < -0.3 is 10.1 Å². The van der Waals surface area contributed by atoms with Crippen LogP contribution in [-0.4, -0.2) is 40.1 Å². The third-order valence-electron chi connectivity index (χ3n) is 3.04. The largest absolute Gasteiger partial charge is 0.465 e. The average Bonchev–Trinajstić information content (AvgIpc) is 2.96. The molecule has 0 amide bonds. The molecule has 106 valence electrons. The zero-order chi connectivity index (χ0) is 14.1. The van der Waals surface area contributed by atoms with E-state index in [1.54, 1.807) is 5.38 Å². The first-order chi connectivity index (χ1) is 8.88. The number of hydrogen-bond donors (Lipinski definition) is 2. The van der Waals surface area contributed by atoms with Crippen LogP contribution in [0.2, 0.25) is 0 Å². The second kappa shape index (κ2) is 5.20. The molecule has 1 aliphatic heterocycles. The van der Waals surface area contributed by atoms with Crippen molar-refractivity contribution < 1.29 is 17.9 Å². The molecule has 1 aromatic rings. The summed E-state index contributed by atoms with van der Waals surface area (Å²) in [7, 11) is -2.49. The summed E-state index contributed by atoms with van der Waals surface area (Å²) >= 11 is 1.06. The van der Waals surface area contributed by atoms with Crippen molar-refractivity contribution in [1.29, 1.82) is 0 Å². The molecule has 2 rings (SSSR count). The van der Waals surface area contributed by atoms with Gasteiger partial charge in [0, 0.05) is 12.1 Å². The molecular weight excluding hydrogens is 288 g/mol. The standard InChI is InChI=1S/C11H16N2O4S2/c1-11(4-5-12-7-11)13-19(15,16)8-3-6-18-9(8)10(14)17-2/h3,6,12-13H,4-5,7H2,1-2H3. The summed E-state index contributed by atoms with van der Waals surface area (Å²) in [6, 6.07) is 1.42. The monoisotopic (exact) mass is 304 g/mol. The third kappa shape index (κ3) is 2.97. The molecule has 1 atom stereocenters. The number of rotatable bonds is 4. The van der Waals surface area contributed by atoms with E-state index in [1.165, 1.54) is 13.2 Å². The van der Waals surface area contributed by atoms with E-state index in [-0.39, 0.29) is 9.77 Å². The van der Waals surface area contributed by atoms with Crippen LogP contribution in [0.1, 0.15) is 23.0 Å². The highest BCUT2D eigenvalue weighted by Crippen LogP contribution is 2.25. The first-order valence-electron chi connectivity index (χ1n) is 5.78. The molecule has 1 unspecified atom stereocenters. The quantitative estimate of drug-likeness (QED) is 0.794. The van der Waals surface area contributed by atoms with E-state index in [1.807, 2.05) is 6.92 Å². The second-order valence-corrected chi connectivity index (χ2v) is 7.27. The average molecular weight is 304 g/mol. The molecule has 0 bridgehead atoms. The van der Waals surface area contributed by atoms with Crippen molar-refractivity contribution in [2.24, 2.45) is 0 Å². The van der Waals surface area contributed by atoms with E-state index >= 15 is 0 Å². The number of carbonyl (C=O) groups is 1. The van der Waals surface area contributed by atoms with Crippen molar-refractivity contribution in [3.8, 4) is 0 Å². The summed E-state index contributed by atoms with van der Waals surface area (Å²) in [4.78, 5) is 11.6. The van der Waals surface area contributed by atoms with Crippen molar-refractivity contribution in [2.75, 3.05) is 20.2 Å². The van der Waals surface area contributed by atoms with Crippen molar-refractivity contribution in [3.05, 3.63) is 16.3 Å². The minimum Gasteiger partial charge on any atom is -0.465 e. The van der Waals surface area contributed by atoms with Gasteiger partial charge in [-0.3, -0.25) is 0 Å². The van der Waals surface area contributed by atoms with Crippen LogP contribution in [0.25, 0.3) is 0 Å². The molecule has 1 saturated heterocycles. The lowest BCUT2D eigenvalue weighted by atomic mass is 10.0. The summed E-state index contributed by atoms with van der Waals surface area (Å²) in [5.41, 5.74) is -0.520. The molecule has 19 heavy (non-hydrogen) atoms. The normalized spacial score (nSPS) is 23.5. The summed E-state index contributed by atoms with van der Waals surface area (Å²) in [6.07, 6.45) is 0.712. The number of ether oxygens (including phenoxy) is 1. The zero-order valence-electron chi connectivity index (χ0n) is 10.7. The third-order valence-corrected chi connectivity index (χ3v) is 5.74. The van der Waals surface area contributed by atoms with Crippen LogP contribution in [0.3, 0.4) is 0 Å². The molecule has 0 saturated carbocycles. The number of hydrogen-bond acceptors (Lipinski definition) is 6. The molecule has 1 aromatic heterocycles. The molecule has 2 heterocycles. The topological polar surface area (TPSA) is 84.5 Å². The van der Waals surface area contributed by atoms with Gasteiger partial charge in [-0.15, -0.1) is 11.3 Å². The van der Waals surface area contributed by atoms with Gasteiger partial charge in [-0.2, -0.15) is 0 Å². The van der Waals surface area contributed by atoms with Crippen LogP contribution in [0.15, 0.2) is 16.3 Å². The van der Waals surface area contributed by atoms with Crippen molar-refractivity contribution in [3.63, 3.8) is 0 Å². The summed E-state index contributed by atoms with van der Waals surface area (Å²) in [5, 5.41) is 4.68. The summed E-state index contributed by atoms with van der Waals surface area (Å²) < 4.78 is 32.0. The minimum atomic E-state index is -3.72. The number of thiophene rings is 1. The highest BCUT2D eigenvalue weighted by Gasteiger charge is 2.35. The molecule has 1 aliphatic rings. The summed E-state index contributed by atoms with van der Waals surface area (Å²) in [5.74, 6) is -0.634. The van der Waals surface area contributed by atoms with Gasteiger partial charge in [-0.05, 0) is 31.3 Å². The van der Waals surface area contributed by atoms with Gasteiger partial charge in [0.25, 0.3) is 0 Å². The van der Waals surface area contributed by atoms with Crippen LogP contribution in [0.5, 0.6) is 0 Å². The van der Waals surface area contributed by atoms with E-state index in [9.17, 15) is 13.2 Å². The van der Waals surface area contributed by atoms with Gasteiger partial charge in [0.1, 0.15) is 9.77 Å². The van der Waals surface area contributed by atoms with Gasteiger partial charge in [-0.1, -0.05) is 0 Å². The van der Waals surface area contributed by atoms with Crippen molar-refractivity contribution >= 4 is 27.3 Å². The van der Waals surface area contributed by atoms with Crippen LogP contribution < -0.4 is 10.0 Å². The Kier molecular flexibility index (Phi) is 3.95. The highest BCUT2D eigenvalue weighted by atomic mass is 32.2. The maximum Gasteiger partial charge on any atom is 0.349 e. The maximum atomic E-state index is 12.4. The lowest BCUT2D eigenvalue weighted by molar-refractivity contribution is 0.0602. The Hall–Kier alpha value is -0.960. The van der Waals surface area contributed by atoms with E-state index in [0.717, 1.165) is 17.9 Å². The Morgan fingerprint density at radius 1 is 1.58 bits per heavy atom. The van der Waals surface area contributed by atoms with Crippen molar-refractivity contribution in [2.45, 2.75) is 23.8 Å². The number of esters is 1. The fourth-order valence-corrected chi connectivity index (χ4v) is 4.81. The fourth-order valence-electron chi connectivity index (χ4n) is 2.03. The van der Waals surface area contributed by atoms with Gasteiger partial charge in [-0.25, -0.2) is 17.9 Å². The minimum absolute atomic E-state index is 0.0162. The maximum absolute atomic E-state index is 12.4. The molecule has 0 aromatic carbocycles. The van der Waals surface area contributed by atoms with Gasteiger partial charge >= 0.3 is 5.97 Å². The number of sulfonamides is 1. The van der Waals surface area contributed by atoms with Gasteiger partial charge in [0.2, 0.25) is 10.0 Å². The predicted molar refractivity (Wildman–Crippen MR) is 71.9 cm³/mol. The van der Waals surface area contributed by atoms with E-state index in [0.29, 0.717) is 13.0 Å². The molecular formula is C11H16N2O4S2. The number of carbonyl (C=O) groups excluding carboxylic acids is 1. The van der Waals surface area contributed by atoms with Crippen LogP contribution in [0.4, 0.5) is 0 Å². The van der Waals surface area contributed by atoms with E-state index in [4.69, 9.17) is 0 Å². The first-order valence-corrected chi connectivity index (χ1v) is 8.15. The summed E-state index contributed by atoms with van der Waals surface area (Å²) in [6.45, 7) is 3.19. The number of methoxy groups -OCH3 is 1. The lowest BCUT2D eigenvalue weighted by Crippen LogP contribution is -2.47. The number of nitrogens with one attached hydrogen (secondary N) is 2. The molecule has 1 fully saturated rings.